The Bertz CT molecular complexity index is 1080. The molecule has 0 N–H and O–H groups in total. The van der Waals surface area contributed by atoms with Crippen LogP contribution in [-0.4, -0.2) is 28.7 Å². The maximum Gasteiger partial charge on any atom is 0.302 e. The Morgan fingerprint density at radius 1 is 1.21 bits per heavy atom. The van der Waals surface area contributed by atoms with Crippen LogP contribution in [0.15, 0.2) is 42.5 Å². The molecule has 0 bridgehead atoms. The first-order chi connectivity index (χ1) is 14.0. The number of nitrogens with zero attached hydrogens (tertiary/aromatic N) is 2. The zero-order valence-electron chi connectivity index (χ0n) is 16.1. The van der Waals surface area contributed by atoms with E-state index in [0.29, 0.717) is 25.1 Å². The topological polar surface area (TPSA) is 59.5 Å². The van der Waals surface area contributed by atoms with E-state index in [0.717, 1.165) is 33.7 Å². The third-order valence-corrected chi connectivity index (χ3v) is 8.60. The van der Waals surface area contributed by atoms with Gasteiger partial charge in [-0.2, -0.15) is 0 Å². The van der Waals surface area contributed by atoms with Gasteiger partial charge in [0.25, 0.3) is 0 Å². The van der Waals surface area contributed by atoms with E-state index in [9.17, 15) is 13.8 Å². The van der Waals surface area contributed by atoms with Crippen LogP contribution in [0.5, 0.6) is 0 Å². The van der Waals surface area contributed by atoms with E-state index >= 15 is 0 Å². The van der Waals surface area contributed by atoms with Crippen molar-refractivity contribution < 1.29 is 18.3 Å². The van der Waals surface area contributed by atoms with Crippen LogP contribution in [0.3, 0.4) is 0 Å². The molecule has 29 heavy (non-hydrogen) atoms. The van der Waals surface area contributed by atoms with Crippen LogP contribution >= 0.6 is 18.9 Å². The van der Waals surface area contributed by atoms with E-state index in [1.54, 1.807) is 13.0 Å². The third-order valence-electron chi connectivity index (χ3n) is 4.93. The van der Waals surface area contributed by atoms with Crippen molar-refractivity contribution in [3.8, 4) is 10.6 Å². The van der Waals surface area contributed by atoms with Gasteiger partial charge < -0.3 is 4.52 Å². The summed E-state index contributed by atoms with van der Waals surface area (Å²) in [5.74, 6) is -0.394. The van der Waals surface area contributed by atoms with Gasteiger partial charge in [0.2, 0.25) is 5.91 Å². The molecule has 0 aliphatic carbocycles. The summed E-state index contributed by atoms with van der Waals surface area (Å²) in [7, 11) is -3.26. The van der Waals surface area contributed by atoms with Crippen molar-refractivity contribution in [3.63, 3.8) is 0 Å². The molecule has 1 aliphatic heterocycles. The largest absolute Gasteiger partial charge is 0.313 e. The summed E-state index contributed by atoms with van der Waals surface area (Å²) in [6.45, 7) is 2.57. The van der Waals surface area contributed by atoms with E-state index in [4.69, 9.17) is 4.52 Å². The van der Waals surface area contributed by atoms with Gasteiger partial charge in [-0.1, -0.05) is 24.3 Å². The predicted octanol–water partition coefficient (Wildman–Crippen LogP) is 5.84. The molecule has 1 saturated heterocycles. The molecule has 1 amide bonds. The van der Waals surface area contributed by atoms with Gasteiger partial charge in [0.05, 0.1) is 23.0 Å². The van der Waals surface area contributed by atoms with Crippen molar-refractivity contribution in [3.05, 3.63) is 53.8 Å². The van der Waals surface area contributed by atoms with Crippen molar-refractivity contribution in [1.82, 2.24) is 9.65 Å². The Kier molecular flexibility index (Phi) is 5.81. The van der Waals surface area contributed by atoms with Crippen molar-refractivity contribution in [2.45, 2.75) is 32.3 Å². The number of amides is 1. The summed E-state index contributed by atoms with van der Waals surface area (Å²) >= 11 is 1.50. The minimum Gasteiger partial charge on any atom is -0.313 e. The van der Waals surface area contributed by atoms with Crippen LogP contribution in [0.4, 0.5) is 4.39 Å². The normalized spacial score (nSPS) is 16.9. The van der Waals surface area contributed by atoms with Gasteiger partial charge in [-0.25, -0.2) is 9.37 Å². The highest BCUT2D eigenvalue weighted by Crippen LogP contribution is 2.55. The summed E-state index contributed by atoms with van der Waals surface area (Å²) in [6.07, 6.45) is 2.30. The van der Waals surface area contributed by atoms with Gasteiger partial charge in [-0.3, -0.25) is 14.0 Å². The Morgan fingerprint density at radius 2 is 2.00 bits per heavy atom. The van der Waals surface area contributed by atoms with Gasteiger partial charge in [-0.05, 0) is 37.5 Å². The van der Waals surface area contributed by atoms with Crippen LogP contribution in [-0.2, 0) is 20.0 Å². The van der Waals surface area contributed by atoms with E-state index < -0.39 is 7.52 Å². The van der Waals surface area contributed by atoms with Crippen molar-refractivity contribution in [1.29, 1.82) is 0 Å². The second kappa shape index (κ2) is 8.34. The van der Waals surface area contributed by atoms with Crippen LogP contribution in [0.2, 0.25) is 0 Å². The molecule has 0 radical (unpaired) electrons. The number of aromatic nitrogens is 1. The van der Waals surface area contributed by atoms with Crippen LogP contribution in [0, 0.1) is 5.82 Å². The molecule has 5 nitrogen and oxygen atoms in total. The monoisotopic (exact) mass is 432 g/mol. The Balaban J connectivity index is 1.57. The summed E-state index contributed by atoms with van der Waals surface area (Å²) in [6, 6.07) is 12.2. The molecule has 1 aromatic heterocycles. The standard InChI is InChI=1S/C21H22FN2O3PS/c1-2-27-28(26,24-12-4-3-5-20(24)25)14-15-6-8-16(9-7-15)21-23-18-13-17(22)10-11-19(18)29-21/h6-11,13H,2-5,12,14H2,1H3. The van der Waals surface area contributed by atoms with E-state index in [1.807, 2.05) is 24.3 Å². The molecule has 1 fully saturated rings. The first-order valence-corrected chi connectivity index (χ1v) is 12.3. The molecule has 3 aromatic rings. The quantitative estimate of drug-likeness (QED) is 0.459. The summed E-state index contributed by atoms with van der Waals surface area (Å²) in [5, 5.41) is 0.802. The fourth-order valence-electron chi connectivity index (χ4n) is 3.52. The second-order valence-electron chi connectivity index (χ2n) is 7.02. The Labute approximate surface area is 173 Å². The molecule has 0 spiro atoms. The third kappa shape index (κ3) is 4.27. The highest BCUT2D eigenvalue weighted by atomic mass is 32.1. The zero-order valence-corrected chi connectivity index (χ0v) is 17.8. The smallest absolute Gasteiger partial charge is 0.302 e. The molecule has 2 heterocycles. The summed E-state index contributed by atoms with van der Waals surface area (Å²) in [4.78, 5) is 16.8. The minimum atomic E-state index is -3.26. The highest BCUT2D eigenvalue weighted by Gasteiger charge is 2.36. The van der Waals surface area contributed by atoms with E-state index in [1.165, 1.54) is 28.1 Å². The molecule has 8 heteroatoms. The fourth-order valence-corrected chi connectivity index (χ4v) is 6.84. The Hall–Kier alpha value is -2.08. The highest BCUT2D eigenvalue weighted by molar-refractivity contribution is 7.56. The lowest BCUT2D eigenvalue weighted by Crippen LogP contribution is -2.33. The molecular weight excluding hydrogens is 410 g/mol. The first-order valence-electron chi connectivity index (χ1n) is 9.68. The van der Waals surface area contributed by atoms with Crippen molar-refractivity contribution in [2.24, 2.45) is 0 Å². The van der Waals surface area contributed by atoms with Gasteiger partial charge >= 0.3 is 7.52 Å². The number of carbonyl (C=O) groups is 1. The molecule has 1 atom stereocenters. The number of piperidine rings is 1. The molecule has 0 saturated carbocycles. The van der Waals surface area contributed by atoms with E-state index in [-0.39, 0.29) is 17.9 Å². The average molecular weight is 432 g/mol. The SMILES string of the molecule is CCOP(=O)(Cc1ccc(-c2nc3cc(F)ccc3s2)cc1)N1CCCCC1=O. The number of thiazole rings is 1. The fraction of sp³-hybridized carbons (Fsp3) is 0.333. The summed E-state index contributed by atoms with van der Waals surface area (Å²) in [5.41, 5.74) is 2.39. The number of rotatable bonds is 6. The van der Waals surface area contributed by atoms with Crippen LogP contribution < -0.4 is 0 Å². The molecule has 4 rings (SSSR count). The second-order valence-corrected chi connectivity index (χ2v) is 10.4. The molecular formula is C21H22FN2O3PS. The number of hydrogen-bond donors (Lipinski definition) is 0. The van der Waals surface area contributed by atoms with Crippen molar-refractivity contribution >= 4 is 35.0 Å². The van der Waals surface area contributed by atoms with Crippen LogP contribution in [0.25, 0.3) is 20.8 Å². The number of halogens is 1. The number of fused-ring (bicyclic) bond motifs is 1. The van der Waals surface area contributed by atoms with Gasteiger partial charge in [0.1, 0.15) is 10.8 Å². The number of benzene rings is 2. The molecule has 2 aromatic carbocycles. The Morgan fingerprint density at radius 3 is 2.72 bits per heavy atom. The van der Waals surface area contributed by atoms with Gasteiger partial charge in [-0.15, -0.1) is 11.3 Å². The molecule has 1 unspecified atom stereocenters. The number of carbonyl (C=O) groups excluding carboxylic acids is 1. The summed E-state index contributed by atoms with van der Waals surface area (Å²) < 4.78 is 34.9. The maximum absolute atomic E-state index is 13.5. The maximum atomic E-state index is 13.5. The molecule has 152 valence electrons. The zero-order chi connectivity index (χ0) is 20.4. The first kappa shape index (κ1) is 20.2. The lowest BCUT2D eigenvalue weighted by Gasteiger charge is -2.33. The number of hydrogen-bond acceptors (Lipinski definition) is 5. The average Bonchev–Trinajstić information content (AvgIpc) is 3.12. The lowest BCUT2D eigenvalue weighted by molar-refractivity contribution is -0.128. The van der Waals surface area contributed by atoms with E-state index in [2.05, 4.69) is 4.98 Å². The van der Waals surface area contributed by atoms with Gasteiger partial charge in [0.15, 0.2) is 0 Å². The lowest BCUT2D eigenvalue weighted by atomic mass is 10.1. The van der Waals surface area contributed by atoms with Gasteiger partial charge in [0, 0.05) is 24.6 Å². The van der Waals surface area contributed by atoms with Crippen molar-refractivity contribution in [2.75, 3.05) is 13.2 Å². The molecule has 1 aliphatic rings. The predicted molar refractivity (Wildman–Crippen MR) is 114 cm³/mol. The van der Waals surface area contributed by atoms with Crippen LogP contribution in [0.1, 0.15) is 31.7 Å². The minimum absolute atomic E-state index is 0.0913.